The molecule has 1 aliphatic rings. The van der Waals surface area contributed by atoms with E-state index in [4.69, 9.17) is 4.42 Å². The van der Waals surface area contributed by atoms with Gasteiger partial charge in [0.15, 0.2) is 5.76 Å². The molecule has 3 heteroatoms. The lowest BCUT2D eigenvalue weighted by atomic mass is 9.91. The topological polar surface area (TPSA) is 33.5 Å². The largest absolute Gasteiger partial charge is 0.451 e. The van der Waals surface area contributed by atoms with Crippen LogP contribution in [0.1, 0.15) is 36.4 Å². The Balaban J connectivity index is 1.94. The average molecular weight is 271 g/mol. The molecule has 0 bridgehead atoms. The molecule has 1 aromatic carbocycles. The Bertz CT molecular complexity index is 633. The number of fused-ring (bicyclic) bond motifs is 1. The molecular weight excluding hydrogens is 250 g/mol. The first kappa shape index (κ1) is 13.2. The summed E-state index contributed by atoms with van der Waals surface area (Å²) in [5.41, 5.74) is 1.75. The Kier molecular flexibility index (Phi) is 3.28. The number of amides is 1. The van der Waals surface area contributed by atoms with Crippen molar-refractivity contribution in [3.05, 3.63) is 35.6 Å². The molecule has 0 saturated carbocycles. The van der Waals surface area contributed by atoms with Crippen molar-refractivity contribution in [2.45, 2.75) is 27.2 Å². The fourth-order valence-corrected chi connectivity index (χ4v) is 3.35. The summed E-state index contributed by atoms with van der Waals surface area (Å²) in [6.07, 6.45) is 1.20. The number of furan rings is 1. The van der Waals surface area contributed by atoms with Gasteiger partial charge in [-0.05, 0) is 31.2 Å². The Morgan fingerprint density at radius 1 is 1.20 bits per heavy atom. The van der Waals surface area contributed by atoms with E-state index in [0.29, 0.717) is 17.6 Å². The van der Waals surface area contributed by atoms with Gasteiger partial charge in [0.05, 0.1) is 0 Å². The number of carbonyl (C=O) groups is 1. The number of para-hydroxylation sites is 1. The molecule has 106 valence electrons. The highest BCUT2D eigenvalue weighted by Gasteiger charge is 2.29. The van der Waals surface area contributed by atoms with Gasteiger partial charge in [-0.1, -0.05) is 32.0 Å². The van der Waals surface area contributed by atoms with E-state index >= 15 is 0 Å². The van der Waals surface area contributed by atoms with Crippen molar-refractivity contribution in [2.24, 2.45) is 11.8 Å². The SMILES string of the molecule is Cc1c(C(=O)N2CC(C)CC(C)C2)oc2ccccc12. The van der Waals surface area contributed by atoms with Crippen molar-refractivity contribution < 1.29 is 9.21 Å². The van der Waals surface area contributed by atoms with Gasteiger partial charge in [-0.3, -0.25) is 4.79 Å². The van der Waals surface area contributed by atoms with Crippen LogP contribution < -0.4 is 0 Å². The molecule has 2 heterocycles. The second kappa shape index (κ2) is 4.97. The summed E-state index contributed by atoms with van der Waals surface area (Å²) in [6.45, 7) is 8.05. The van der Waals surface area contributed by atoms with Gasteiger partial charge in [0.25, 0.3) is 5.91 Å². The van der Waals surface area contributed by atoms with Crippen LogP contribution in [0.5, 0.6) is 0 Å². The maximum atomic E-state index is 12.7. The summed E-state index contributed by atoms with van der Waals surface area (Å²) < 4.78 is 5.79. The highest BCUT2D eigenvalue weighted by atomic mass is 16.3. The van der Waals surface area contributed by atoms with Crippen molar-refractivity contribution in [3.63, 3.8) is 0 Å². The summed E-state index contributed by atoms with van der Waals surface area (Å²) in [5, 5.41) is 1.04. The number of hydrogen-bond acceptors (Lipinski definition) is 2. The minimum atomic E-state index is 0.0390. The van der Waals surface area contributed by atoms with Gasteiger partial charge in [-0.25, -0.2) is 0 Å². The fraction of sp³-hybridized carbons (Fsp3) is 0.471. The third-order valence-corrected chi connectivity index (χ3v) is 4.19. The van der Waals surface area contributed by atoms with Gasteiger partial charge in [0.2, 0.25) is 0 Å². The third kappa shape index (κ3) is 2.21. The van der Waals surface area contributed by atoms with E-state index in [2.05, 4.69) is 13.8 Å². The molecule has 0 radical (unpaired) electrons. The van der Waals surface area contributed by atoms with Crippen LogP contribution in [0.4, 0.5) is 0 Å². The van der Waals surface area contributed by atoms with Crippen LogP contribution in [0.3, 0.4) is 0 Å². The predicted molar refractivity (Wildman–Crippen MR) is 79.8 cm³/mol. The molecule has 1 amide bonds. The van der Waals surface area contributed by atoms with Crippen LogP contribution in [0, 0.1) is 18.8 Å². The van der Waals surface area contributed by atoms with Crippen LogP contribution in [0.15, 0.2) is 28.7 Å². The number of benzene rings is 1. The monoisotopic (exact) mass is 271 g/mol. The van der Waals surface area contributed by atoms with Crippen LogP contribution >= 0.6 is 0 Å². The first-order valence-electron chi connectivity index (χ1n) is 7.33. The second-order valence-electron chi connectivity index (χ2n) is 6.21. The maximum Gasteiger partial charge on any atom is 0.289 e. The summed E-state index contributed by atoms with van der Waals surface area (Å²) in [5.74, 6) is 1.67. The molecule has 1 fully saturated rings. The Morgan fingerprint density at radius 3 is 2.50 bits per heavy atom. The number of likely N-dealkylation sites (tertiary alicyclic amines) is 1. The van der Waals surface area contributed by atoms with Gasteiger partial charge >= 0.3 is 0 Å². The lowest BCUT2D eigenvalue weighted by Gasteiger charge is -2.34. The first-order chi connectivity index (χ1) is 9.56. The highest BCUT2D eigenvalue weighted by Crippen LogP contribution is 2.28. The fourth-order valence-electron chi connectivity index (χ4n) is 3.35. The summed E-state index contributed by atoms with van der Waals surface area (Å²) in [7, 11) is 0. The van der Waals surface area contributed by atoms with Crippen molar-refractivity contribution in [1.82, 2.24) is 4.90 Å². The number of nitrogens with zero attached hydrogens (tertiary/aromatic N) is 1. The van der Waals surface area contributed by atoms with Gasteiger partial charge in [0, 0.05) is 24.0 Å². The van der Waals surface area contributed by atoms with Crippen LogP contribution in [-0.4, -0.2) is 23.9 Å². The zero-order chi connectivity index (χ0) is 14.3. The zero-order valence-corrected chi connectivity index (χ0v) is 12.3. The number of piperidine rings is 1. The molecular formula is C17H21NO2. The van der Waals surface area contributed by atoms with Gasteiger partial charge in [0.1, 0.15) is 5.58 Å². The number of hydrogen-bond donors (Lipinski definition) is 0. The van der Waals surface area contributed by atoms with Crippen molar-refractivity contribution in [1.29, 1.82) is 0 Å². The van der Waals surface area contributed by atoms with Gasteiger partial charge < -0.3 is 9.32 Å². The van der Waals surface area contributed by atoms with E-state index < -0.39 is 0 Å². The number of carbonyl (C=O) groups excluding carboxylic acids is 1. The predicted octanol–water partition coefficient (Wildman–Crippen LogP) is 3.86. The highest BCUT2D eigenvalue weighted by molar-refractivity contribution is 5.98. The molecule has 1 saturated heterocycles. The standard InChI is InChI=1S/C17H21NO2/c1-11-8-12(2)10-18(9-11)17(19)16-13(3)14-6-4-5-7-15(14)20-16/h4-7,11-12H,8-10H2,1-3H3. The molecule has 2 atom stereocenters. The van der Waals surface area contributed by atoms with Gasteiger partial charge in [-0.15, -0.1) is 0 Å². The Morgan fingerprint density at radius 2 is 1.85 bits per heavy atom. The molecule has 0 spiro atoms. The Labute approximate surface area is 119 Å². The van der Waals surface area contributed by atoms with E-state index in [0.717, 1.165) is 29.6 Å². The number of aryl methyl sites for hydroxylation is 1. The molecule has 3 rings (SSSR count). The van der Waals surface area contributed by atoms with Crippen molar-refractivity contribution in [3.8, 4) is 0 Å². The molecule has 0 N–H and O–H groups in total. The average Bonchev–Trinajstić information content (AvgIpc) is 2.75. The normalized spacial score (nSPS) is 23.2. The van der Waals surface area contributed by atoms with Crippen LogP contribution in [-0.2, 0) is 0 Å². The van der Waals surface area contributed by atoms with E-state index in [-0.39, 0.29) is 5.91 Å². The third-order valence-electron chi connectivity index (χ3n) is 4.19. The molecule has 0 aliphatic carbocycles. The lowest BCUT2D eigenvalue weighted by molar-refractivity contribution is 0.0593. The molecule has 1 aliphatic heterocycles. The number of rotatable bonds is 1. The molecule has 2 unspecified atom stereocenters. The maximum absolute atomic E-state index is 12.7. The van der Waals surface area contributed by atoms with Crippen molar-refractivity contribution in [2.75, 3.05) is 13.1 Å². The summed E-state index contributed by atoms with van der Waals surface area (Å²) in [4.78, 5) is 14.7. The molecule has 20 heavy (non-hydrogen) atoms. The smallest absolute Gasteiger partial charge is 0.289 e. The summed E-state index contributed by atoms with van der Waals surface area (Å²) >= 11 is 0. The van der Waals surface area contributed by atoms with Crippen molar-refractivity contribution >= 4 is 16.9 Å². The minimum absolute atomic E-state index is 0.0390. The first-order valence-corrected chi connectivity index (χ1v) is 7.33. The van der Waals surface area contributed by atoms with Crippen LogP contribution in [0.25, 0.3) is 11.0 Å². The molecule has 2 aromatic rings. The molecule has 3 nitrogen and oxygen atoms in total. The van der Waals surface area contributed by atoms with E-state index in [1.807, 2.05) is 36.1 Å². The lowest BCUT2D eigenvalue weighted by Crippen LogP contribution is -2.42. The summed E-state index contributed by atoms with van der Waals surface area (Å²) in [6, 6.07) is 7.84. The van der Waals surface area contributed by atoms with E-state index in [9.17, 15) is 4.79 Å². The Hall–Kier alpha value is -1.77. The van der Waals surface area contributed by atoms with E-state index in [1.165, 1.54) is 6.42 Å². The zero-order valence-electron chi connectivity index (χ0n) is 12.3. The molecule has 1 aromatic heterocycles. The van der Waals surface area contributed by atoms with E-state index in [1.54, 1.807) is 0 Å². The second-order valence-corrected chi connectivity index (χ2v) is 6.21. The van der Waals surface area contributed by atoms with Gasteiger partial charge in [-0.2, -0.15) is 0 Å². The van der Waals surface area contributed by atoms with Crippen LogP contribution in [0.2, 0.25) is 0 Å². The minimum Gasteiger partial charge on any atom is -0.451 e. The quantitative estimate of drug-likeness (QED) is 0.789.